The second-order valence-corrected chi connectivity index (χ2v) is 3.26. The van der Waals surface area contributed by atoms with Crippen LogP contribution in [0.2, 0.25) is 0 Å². The maximum absolute atomic E-state index is 10.9. The van der Waals surface area contributed by atoms with Crippen LogP contribution in [0, 0.1) is 0 Å². The summed E-state index contributed by atoms with van der Waals surface area (Å²) in [5.74, 6) is -0.620. The number of aromatic nitrogens is 1. The number of nitrogens with two attached hydrogens (primary N) is 1. The van der Waals surface area contributed by atoms with Gasteiger partial charge in [-0.3, -0.25) is 0 Å². The predicted molar refractivity (Wildman–Crippen MR) is 59.7 cm³/mol. The molecule has 0 aliphatic heterocycles. The normalized spacial score (nSPS) is 10.3. The summed E-state index contributed by atoms with van der Waals surface area (Å²) in [6, 6.07) is 6.89. The summed E-state index contributed by atoms with van der Waals surface area (Å²) in [7, 11) is 1.51. The Morgan fingerprint density at radius 2 is 2.25 bits per heavy atom. The molecule has 0 amide bonds. The van der Waals surface area contributed by atoms with Crippen molar-refractivity contribution in [2.75, 3.05) is 12.8 Å². The fourth-order valence-corrected chi connectivity index (χ4v) is 1.52. The Hall–Kier alpha value is -2.30. The fraction of sp³-hybridized carbons (Fsp3) is 0.0909. The Morgan fingerprint density at radius 1 is 1.50 bits per heavy atom. The second-order valence-electron chi connectivity index (χ2n) is 3.26. The lowest BCUT2D eigenvalue weighted by atomic mass is 10.1. The third kappa shape index (κ3) is 1.52. The Kier molecular flexibility index (Phi) is 2.36. The summed E-state index contributed by atoms with van der Waals surface area (Å²) in [6.45, 7) is 0. The number of hydrogen-bond donors (Lipinski definition) is 2. The summed E-state index contributed by atoms with van der Waals surface area (Å²) < 4.78 is 5.11. The average Bonchev–Trinajstić information content (AvgIpc) is 2.26. The number of carbonyl (C=O) groups is 1. The van der Waals surface area contributed by atoms with Crippen LogP contribution in [0.1, 0.15) is 10.5 Å². The summed E-state index contributed by atoms with van der Waals surface area (Å²) in [4.78, 5) is 14.9. The molecule has 5 heteroatoms. The van der Waals surface area contributed by atoms with Crippen molar-refractivity contribution in [3.05, 3.63) is 30.0 Å². The molecule has 0 saturated heterocycles. The number of carboxylic acid groups (broad SMARTS) is 1. The molecule has 5 nitrogen and oxygen atoms in total. The monoisotopic (exact) mass is 218 g/mol. The number of nitrogen functional groups attached to an aromatic ring is 1. The fourth-order valence-electron chi connectivity index (χ4n) is 1.52. The number of benzene rings is 1. The average molecular weight is 218 g/mol. The van der Waals surface area contributed by atoms with Gasteiger partial charge in [0.2, 0.25) is 0 Å². The third-order valence-corrected chi connectivity index (χ3v) is 2.26. The van der Waals surface area contributed by atoms with Gasteiger partial charge >= 0.3 is 5.97 Å². The summed E-state index contributed by atoms with van der Waals surface area (Å²) in [6.07, 6.45) is 0. The molecule has 0 aliphatic rings. The lowest BCUT2D eigenvalue weighted by molar-refractivity contribution is 0.0692. The number of aromatic carboxylic acids is 1. The number of fused-ring (bicyclic) bond motifs is 1. The highest BCUT2D eigenvalue weighted by atomic mass is 16.5. The predicted octanol–water partition coefficient (Wildman–Crippen LogP) is 1.52. The summed E-state index contributed by atoms with van der Waals surface area (Å²) in [5, 5.41) is 9.66. The number of anilines is 1. The Balaban J connectivity index is 2.80. The highest BCUT2D eigenvalue weighted by Crippen LogP contribution is 2.26. The van der Waals surface area contributed by atoms with Gasteiger partial charge in [0.1, 0.15) is 11.3 Å². The standard InChI is InChI=1S/C11H10N2O3/c1-16-8-4-2-3-6-5-7(12)10(11(14)15)13-9(6)8/h2-5H,12H2,1H3,(H,14,15). The summed E-state index contributed by atoms with van der Waals surface area (Å²) in [5.41, 5.74) is 6.08. The van der Waals surface area contributed by atoms with Gasteiger partial charge in [-0.1, -0.05) is 12.1 Å². The van der Waals surface area contributed by atoms with Crippen LogP contribution in [-0.4, -0.2) is 23.2 Å². The van der Waals surface area contributed by atoms with Gasteiger partial charge in [-0.05, 0) is 12.1 Å². The van der Waals surface area contributed by atoms with Crippen LogP contribution in [0.5, 0.6) is 5.75 Å². The minimum Gasteiger partial charge on any atom is -0.494 e. The summed E-state index contributed by atoms with van der Waals surface area (Å²) >= 11 is 0. The second kappa shape index (κ2) is 3.69. The Bertz CT molecular complexity index is 566. The SMILES string of the molecule is COc1cccc2cc(N)c(C(=O)O)nc12. The number of pyridine rings is 1. The highest BCUT2D eigenvalue weighted by molar-refractivity contribution is 5.97. The molecule has 16 heavy (non-hydrogen) atoms. The molecule has 1 aromatic heterocycles. The highest BCUT2D eigenvalue weighted by Gasteiger charge is 2.13. The van der Waals surface area contributed by atoms with E-state index < -0.39 is 5.97 Å². The number of para-hydroxylation sites is 1. The molecule has 2 aromatic rings. The van der Waals surface area contributed by atoms with E-state index in [0.717, 1.165) is 5.39 Å². The molecule has 0 aliphatic carbocycles. The zero-order chi connectivity index (χ0) is 11.7. The number of methoxy groups -OCH3 is 1. The molecule has 82 valence electrons. The molecular formula is C11H10N2O3. The molecule has 2 rings (SSSR count). The van der Waals surface area contributed by atoms with Crippen LogP contribution in [0.25, 0.3) is 10.9 Å². The van der Waals surface area contributed by atoms with Gasteiger partial charge in [0.25, 0.3) is 0 Å². The first-order valence-electron chi connectivity index (χ1n) is 4.60. The quantitative estimate of drug-likeness (QED) is 0.798. The van der Waals surface area contributed by atoms with E-state index in [9.17, 15) is 4.79 Å². The molecule has 0 saturated carbocycles. The van der Waals surface area contributed by atoms with Crippen LogP contribution < -0.4 is 10.5 Å². The number of hydrogen-bond acceptors (Lipinski definition) is 4. The lowest BCUT2D eigenvalue weighted by Gasteiger charge is -2.06. The van der Waals surface area contributed by atoms with Crippen LogP contribution in [0.3, 0.4) is 0 Å². The molecule has 0 atom stereocenters. The van der Waals surface area contributed by atoms with Crippen molar-refractivity contribution >= 4 is 22.6 Å². The third-order valence-electron chi connectivity index (χ3n) is 2.26. The van der Waals surface area contributed by atoms with Crippen molar-refractivity contribution in [1.29, 1.82) is 0 Å². The van der Waals surface area contributed by atoms with E-state index in [2.05, 4.69) is 4.98 Å². The van der Waals surface area contributed by atoms with E-state index >= 15 is 0 Å². The van der Waals surface area contributed by atoms with Crippen molar-refractivity contribution in [2.24, 2.45) is 0 Å². The molecule has 1 heterocycles. The number of rotatable bonds is 2. The van der Waals surface area contributed by atoms with E-state index in [-0.39, 0.29) is 11.4 Å². The molecule has 0 spiro atoms. The topological polar surface area (TPSA) is 85.4 Å². The smallest absolute Gasteiger partial charge is 0.356 e. The minimum absolute atomic E-state index is 0.147. The van der Waals surface area contributed by atoms with Gasteiger partial charge in [-0.25, -0.2) is 9.78 Å². The van der Waals surface area contributed by atoms with E-state index in [0.29, 0.717) is 11.3 Å². The first-order valence-corrected chi connectivity index (χ1v) is 4.60. The zero-order valence-electron chi connectivity index (χ0n) is 8.60. The van der Waals surface area contributed by atoms with Gasteiger partial charge < -0.3 is 15.6 Å². The van der Waals surface area contributed by atoms with Crippen molar-refractivity contribution in [1.82, 2.24) is 4.98 Å². The Morgan fingerprint density at radius 3 is 2.88 bits per heavy atom. The lowest BCUT2D eigenvalue weighted by Crippen LogP contribution is -2.06. The molecule has 1 aromatic carbocycles. The van der Waals surface area contributed by atoms with Crippen LogP contribution in [0.15, 0.2) is 24.3 Å². The van der Waals surface area contributed by atoms with Crippen molar-refractivity contribution in [2.45, 2.75) is 0 Å². The van der Waals surface area contributed by atoms with E-state index in [4.69, 9.17) is 15.6 Å². The molecular weight excluding hydrogens is 208 g/mol. The minimum atomic E-state index is -1.15. The van der Waals surface area contributed by atoms with Crippen LogP contribution in [0.4, 0.5) is 5.69 Å². The van der Waals surface area contributed by atoms with Crippen LogP contribution in [-0.2, 0) is 0 Å². The molecule has 3 N–H and O–H groups in total. The van der Waals surface area contributed by atoms with Gasteiger partial charge in [0.15, 0.2) is 5.69 Å². The Labute approximate surface area is 91.5 Å². The number of ether oxygens (including phenoxy) is 1. The molecule has 0 fully saturated rings. The van der Waals surface area contributed by atoms with Gasteiger partial charge in [-0.2, -0.15) is 0 Å². The molecule has 0 bridgehead atoms. The van der Waals surface area contributed by atoms with E-state index in [1.54, 1.807) is 24.3 Å². The van der Waals surface area contributed by atoms with Crippen LogP contribution >= 0.6 is 0 Å². The maximum atomic E-state index is 10.9. The number of nitrogens with zero attached hydrogens (tertiary/aromatic N) is 1. The zero-order valence-corrected chi connectivity index (χ0v) is 8.60. The van der Waals surface area contributed by atoms with Crippen molar-refractivity contribution < 1.29 is 14.6 Å². The molecule has 0 radical (unpaired) electrons. The van der Waals surface area contributed by atoms with Gasteiger partial charge in [0, 0.05) is 5.39 Å². The first-order chi connectivity index (χ1) is 7.63. The number of carboxylic acids is 1. The first kappa shape index (κ1) is 10.2. The van der Waals surface area contributed by atoms with Crippen molar-refractivity contribution in [3.8, 4) is 5.75 Å². The van der Waals surface area contributed by atoms with E-state index in [1.165, 1.54) is 7.11 Å². The van der Waals surface area contributed by atoms with Crippen molar-refractivity contribution in [3.63, 3.8) is 0 Å². The van der Waals surface area contributed by atoms with Gasteiger partial charge in [-0.15, -0.1) is 0 Å². The maximum Gasteiger partial charge on any atom is 0.356 e. The van der Waals surface area contributed by atoms with Gasteiger partial charge in [0.05, 0.1) is 12.8 Å². The molecule has 0 unspecified atom stereocenters. The van der Waals surface area contributed by atoms with E-state index in [1.807, 2.05) is 0 Å². The largest absolute Gasteiger partial charge is 0.494 e.